The molecule has 112 valence electrons. The van der Waals surface area contributed by atoms with Gasteiger partial charge in [0.2, 0.25) is 10.0 Å². The molecule has 20 heavy (non-hydrogen) atoms. The third-order valence-corrected chi connectivity index (χ3v) is 5.57. The van der Waals surface area contributed by atoms with Gasteiger partial charge in [-0.15, -0.1) is 0 Å². The zero-order valence-corrected chi connectivity index (χ0v) is 13.3. The van der Waals surface area contributed by atoms with E-state index in [0.29, 0.717) is 5.69 Å². The molecule has 0 aliphatic carbocycles. The van der Waals surface area contributed by atoms with Gasteiger partial charge in [-0.1, -0.05) is 0 Å². The van der Waals surface area contributed by atoms with Crippen LogP contribution >= 0.6 is 0 Å². The summed E-state index contributed by atoms with van der Waals surface area (Å²) in [5, 5.41) is 0. The normalized spacial score (nSPS) is 13.0. The van der Waals surface area contributed by atoms with Crippen LogP contribution in [0, 0.1) is 0 Å². The third kappa shape index (κ3) is 3.80. The van der Waals surface area contributed by atoms with Crippen LogP contribution in [0.4, 0.5) is 5.69 Å². The smallest absolute Gasteiger partial charge is 0.229 e. The van der Waals surface area contributed by atoms with Gasteiger partial charge < -0.3 is 0 Å². The first-order valence-corrected chi connectivity index (χ1v) is 9.45. The molecule has 8 heteroatoms. The summed E-state index contributed by atoms with van der Waals surface area (Å²) in [5.74, 6) is -0.536. The molecule has 0 radical (unpaired) electrons. The molecule has 1 rings (SSSR count). The zero-order valence-electron chi connectivity index (χ0n) is 11.7. The third-order valence-electron chi connectivity index (χ3n) is 2.92. The summed E-state index contributed by atoms with van der Waals surface area (Å²) in [6.45, 7) is 2.68. The van der Waals surface area contributed by atoms with Crippen molar-refractivity contribution in [1.29, 1.82) is 0 Å². The summed E-state index contributed by atoms with van der Waals surface area (Å²) in [5.41, 5.74) is 0.515. The molecule has 0 unspecified atom stereocenters. The Hall–Kier alpha value is -1.41. The van der Waals surface area contributed by atoms with Gasteiger partial charge >= 0.3 is 0 Å². The minimum atomic E-state index is -3.55. The summed E-state index contributed by atoms with van der Waals surface area (Å²) in [6, 6.07) is 5.60. The van der Waals surface area contributed by atoms with Crippen LogP contribution in [0.5, 0.6) is 0 Å². The molecule has 0 bridgehead atoms. The number of hydrogen-bond acceptors (Lipinski definition) is 5. The van der Waals surface area contributed by atoms with Gasteiger partial charge in [-0.2, -0.15) is 0 Å². The Kier molecular flexibility index (Phi) is 4.31. The van der Waals surface area contributed by atoms with E-state index in [2.05, 4.69) is 4.72 Å². The summed E-state index contributed by atoms with van der Waals surface area (Å²) >= 11 is 0. The number of benzene rings is 1. The fraction of sp³-hybridized carbons (Fsp3) is 0.417. The van der Waals surface area contributed by atoms with Gasteiger partial charge in [-0.25, -0.2) is 16.8 Å². The average Bonchev–Trinajstić information content (AvgIpc) is 2.25. The van der Waals surface area contributed by atoms with E-state index < -0.39 is 30.4 Å². The minimum Gasteiger partial charge on any atom is -0.292 e. The Morgan fingerprint density at radius 1 is 1.00 bits per heavy atom. The highest BCUT2D eigenvalue weighted by atomic mass is 32.2. The molecule has 0 aliphatic heterocycles. The van der Waals surface area contributed by atoms with Gasteiger partial charge in [0.25, 0.3) is 0 Å². The molecule has 0 saturated heterocycles. The number of rotatable bonds is 5. The Morgan fingerprint density at radius 3 is 1.80 bits per heavy atom. The lowest BCUT2D eigenvalue weighted by atomic mass is 10.0. The van der Waals surface area contributed by atoms with E-state index in [1.807, 2.05) is 0 Å². The van der Waals surface area contributed by atoms with Crippen molar-refractivity contribution in [3.05, 3.63) is 29.8 Å². The number of sulfonamides is 1. The van der Waals surface area contributed by atoms with E-state index in [1.165, 1.54) is 38.1 Å². The van der Waals surface area contributed by atoms with E-state index in [-0.39, 0.29) is 5.56 Å². The number of anilines is 1. The molecule has 0 saturated carbocycles. The second kappa shape index (κ2) is 5.17. The molecule has 0 amide bonds. The van der Waals surface area contributed by atoms with Gasteiger partial charge in [-0.3, -0.25) is 9.52 Å². The number of ketones is 1. The Morgan fingerprint density at radius 2 is 1.45 bits per heavy atom. The van der Waals surface area contributed by atoms with Crippen LogP contribution in [0.15, 0.2) is 24.3 Å². The first kappa shape index (κ1) is 16.6. The van der Waals surface area contributed by atoms with Crippen molar-refractivity contribution in [1.82, 2.24) is 0 Å². The van der Waals surface area contributed by atoms with Crippen LogP contribution in [0.2, 0.25) is 0 Å². The van der Waals surface area contributed by atoms with Crippen LogP contribution in [-0.2, 0) is 19.9 Å². The maximum atomic E-state index is 12.2. The molecule has 0 heterocycles. The zero-order chi connectivity index (χ0) is 15.8. The number of nitrogens with one attached hydrogen (secondary N) is 1. The standard InChI is InChI=1S/C12H17NO5S2/c1-12(2,19(3,15)16)11(14)9-5-7-10(8-6-9)13-20(4,17)18/h5-8,13H,1-4H3. The molecule has 1 N–H and O–H groups in total. The SMILES string of the molecule is CC(C)(C(=O)c1ccc(NS(C)(=O)=O)cc1)S(C)(=O)=O. The number of hydrogen-bond donors (Lipinski definition) is 1. The molecule has 0 atom stereocenters. The molecule has 6 nitrogen and oxygen atoms in total. The van der Waals surface area contributed by atoms with Crippen molar-refractivity contribution in [2.75, 3.05) is 17.2 Å². The highest BCUT2D eigenvalue weighted by molar-refractivity contribution is 7.93. The van der Waals surface area contributed by atoms with Gasteiger partial charge in [0, 0.05) is 17.5 Å². The highest BCUT2D eigenvalue weighted by Crippen LogP contribution is 2.22. The molecule has 1 aromatic rings. The molecule has 0 aliphatic rings. The molecule has 1 aromatic carbocycles. The topological polar surface area (TPSA) is 97.4 Å². The maximum absolute atomic E-state index is 12.2. The lowest BCUT2D eigenvalue weighted by Gasteiger charge is -2.20. The summed E-state index contributed by atoms with van der Waals surface area (Å²) in [4.78, 5) is 12.2. The van der Waals surface area contributed by atoms with Gasteiger partial charge in [0.05, 0.1) is 6.26 Å². The van der Waals surface area contributed by atoms with E-state index in [9.17, 15) is 21.6 Å². The van der Waals surface area contributed by atoms with Crippen LogP contribution in [-0.4, -0.2) is 39.9 Å². The summed E-state index contributed by atoms with van der Waals surface area (Å²) in [6.07, 6.45) is 2.02. The van der Waals surface area contributed by atoms with Crippen molar-refractivity contribution >= 4 is 31.3 Å². The summed E-state index contributed by atoms with van der Waals surface area (Å²) in [7, 11) is -6.94. The molecule has 0 spiro atoms. The van der Waals surface area contributed by atoms with Crippen LogP contribution in [0.25, 0.3) is 0 Å². The largest absolute Gasteiger partial charge is 0.292 e. The minimum absolute atomic E-state index is 0.208. The van der Waals surface area contributed by atoms with E-state index >= 15 is 0 Å². The Balaban J connectivity index is 3.09. The van der Waals surface area contributed by atoms with Gasteiger partial charge in [-0.05, 0) is 38.1 Å². The molecular weight excluding hydrogens is 302 g/mol. The monoisotopic (exact) mass is 319 g/mol. The van der Waals surface area contributed by atoms with Crippen LogP contribution in [0.3, 0.4) is 0 Å². The second-order valence-corrected chi connectivity index (χ2v) is 9.38. The molecule has 0 fully saturated rings. The lowest BCUT2D eigenvalue weighted by Crippen LogP contribution is -2.39. The molecular formula is C12H17NO5S2. The average molecular weight is 319 g/mol. The van der Waals surface area contributed by atoms with E-state index in [4.69, 9.17) is 0 Å². The van der Waals surface area contributed by atoms with Gasteiger partial charge in [0.1, 0.15) is 4.75 Å². The Labute approximate surface area is 119 Å². The number of sulfone groups is 1. The maximum Gasteiger partial charge on any atom is 0.229 e. The highest BCUT2D eigenvalue weighted by Gasteiger charge is 2.38. The number of carbonyl (C=O) groups is 1. The number of carbonyl (C=O) groups excluding carboxylic acids is 1. The molecule has 0 aromatic heterocycles. The fourth-order valence-corrected chi connectivity index (χ4v) is 2.44. The van der Waals surface area contributed by atoms with Crippen molar-refractivity contribution in [3.63, 3.8) is 0 Å². The second-order valence-electron chi connectivity index (χ2n) is 5.06. The lowest BCUT2D eigenvalue weighted by molar-refractivity contribution is 0.0954. The van der Waals surface area contributed by atoms with Crippen LogP contribution in [0.1, 0.15) is 24.2 Å². The van der Waals surface area contributed by atoms with Crippen molar-refractivity contribution < 1.29 is 21.6 Å². The quantitative estimate of drug-likeness (QED) is 0.819. The van der Waals surface area contributed by atoms with Gasteiger partial charge in [0.15, 0.2) is 15.6 Å². The Bertz CT molecular complexity index is 716. The van der Waals surface area contributed by atoms with E-state index in [1.54, 1.807) is 0 Å². The fourth-order valence-electron chi connectivity index (χ4n) is 1.42. The number of Topliss-reactive ketones (excluding diaryl/α,β-unsaturated/α-hetero) is 1. The first-order valence-electron chi connectivity index (χ1n) is 5.67. The predicted octanol–water partition coefficient (Wildman–Crippen LogP) is 1.06. The van der Waals surface area contributed by atoms with Crippen molar-refractivity contribution in [2.24, 2.45) is 0 Å². The van der Waals surface area contributed by atoms with E-state index in [0.717, 1.165) is 12.5 Å². The predicted molar refractivity (Wildman–Crippen MR) is 78.2 cm³/mol. The van der Waals surface area contributed by atoms with Crippen molar-refractivity contribution in [3.8, 4) is 0 Å². The summed E-state index contributed by atoms with van der Waals surface area (Å²) < 4.78 is 46.1. The van der Waals surface area contributed by atoms with Crippen molar-refractivity contribution in [2.45, 2.75) is 18.6 Å². The van der Waals surface area contributed by atoms with Crippen LogP contribution < -0.4 is 4.72 Å². The first-order chi connectivity index (χ1) is 8.84.